The number of amides is 2. The summed E-state index contributed by atoms with van der Waals surface area (Å²) in [7, 11) is 7.83. The van der Waals surface area contributed by atoms with E-state index in [0.717, 1.165) is 36.8 Å². The molecule has 0 saturated heterocycles. The molecule has 0 aromatic heterocycles. The molecule has 2 amide bonds. The van der Waals surface area contributed by atoms with Crippen LogP contribution in [0.3, 0.4) is 0 Å². The standard InChI is InChI=1S/C17H23NO4.C16H21NO4.C12H15NO2/c1-16(2,3)22-15(20)18(4)17(10-11-17)13-8-6-12(7-9-13)14(19)21-5;1-15(2,3)21-14(19)17-16(9-10-16)12-7-5-11(6-8-12)13(18)20-4;1-13-12(7-8-12)10-5-3-9(4-6-10)11(14)15-2/h6-9H,10-11H2,1-5H3;5-8H,9-10H2,1-4H3,(H,17,19);3-6,13H,7-8H2,1-2H3. The normalized spacial score (nSPS) is 16.3. The van der Waals surface area contributed by atoms with Gasteiger partial charge in [0.1, 0.15) is 11.2 Å². The Hall–Kier alpha value is -5.43. The quantitative estimate of drug-likeness (QED) is 0.160. The van der Waals surface area contributed by atoms with Gasteiger partial charge in [-0.15, -0.1) is 0 Å². The topological polar surface area (TPSA) is 159 Å². The number of esters is 3. The summed E-state index contributed by atoms with van der Waals surface area (Å²) in [5.41, 5.74) is 3.27. The first-order valence-electron chi connectivity index (χ1n) is 19.4. The first kappa shape index (κ1) is 45.3. The second-order valence-electron chi connectivity index (χ2n) is 16.8. The van der Waals surface area contributed by atoms with Gasteiger partial charge in [0.25, 0.3) is 0 Å². The molecule has 58 heavy (non-hydrogen) atoms. The third-order valence-corrected chi connectivity index (χ3v) is 10.3. The van der Waals surface area contributed by atoms with Crippen LogP contribution in [0.5, 0.6) is 0 Å². The molecule has 13 nitrogen and oxygen atoms in total. The molecule has 3 aliphatic carbocycles. The van der Waals surface area contributed by atoms with Crippen molar-refractivity contribution in [3.8, 4) is 0 Å². The number of hydrogen-bond acceptors (Lipinski definition) is 11. The Balaban J connectivity index is 0.000000196. The summed E-state index contributed by atoms with van der Waals surface area (Å²) in [5, 5.41) is 6.24. The van der Waals surface area contributed by atoms with Crippen LogP contribution >= 0.6 is 0 Å². The summed E-state index contributed by atoms with van der Waals surface area (Å²) in [4.78, 5) is 59.9. The smallest absolute Gasteiger partial charge is 0.410 e. The largest absolute Gasteiger partial charge is 0.465 e. The van der Waals surface area contributed by atoms with Crippen LogP contribution in [0.25, 0.3) is 0 Å². The third-order valence-electron chi connectivity index (χ3n) is 10.3. The maximum absolute atomic E-state index is 12.3. The van der Waals surface area contributed by atoms with Crippen molar-refractivity contribution < 1.29 is 47.7 Å². The first-order chi connectivity index (χ1) is 27.2. The zero-order valence-corrected chi connectivity index (χ0v) is 35.7. The monoisotopic (exact) mass is 801 g/mol. The number of nitrogens with zero attached hydrogens (tertiary/aromatic N) is 1. The van der Waals surface area contributed by atoms with Crippen LogP contribution < -0.4 is 10.6 Å². The van der Waals surface area contributed by atoms with Crippen molar-refractivity contribution in [3.05, 3.63) is 106 Å². The van der Waals surface area contributed by atoms with E-state index in [0.29, 0.717) is 16.7 Å². The maximum atomic E-state index is 12.3. The number of hydrogen-bond donors (Lipinski definition) is 2. The molecule has 0 spiro atoms. The van der Waals surface area contributed by atoms with Gasteiger partial charge >= 0.3 is 30.1 Å². The van der Waals surface area contributed by atoms with Gasteiger partial charge in [-0.25, -0.2) is 24.0 Å². The van der Waals surface area contributed by atoms with Crippen molar-refractivity contribution in [1.29, 1.82) is 0 Å². The Morgan fingerprint density at radius 3 is 1.17 bits per heavy atom. The van der Waals surface area contributed by atoms with Gasteiger partial charge in [-0.1, -0.05) is 36.4 Å². The molecule has 13 heteroatoms. The van der Waals surface area contributed by atoms with Gasteiger partial charge in [0.05, 0.1) is 49.1 Å². The molecule has 3 saturated carbocycles. The lowest BCUT2D eigenvalue weighted by molar-refractivity contribution is 0.0188. The number of carbonyl (C=O) groups excluding carboxylic acids is 5. The van der Waals surface area contributed by atoms with E-state index in [4.69, 9.17) is 14.2 Å². The lowest BCUT2D eigenvalue weighted by Gasteiger charge is -2.31. The SMILES string of the molecule is CNC1(c2ccc(C(=O)OC)cc2)CC1.COC(=O)c1ccc(C2(N(C)C(=O)OC(C)(C)C)CC2)cc1.COC(=O)c1ccc(C2(NC(=O)OC(C)(C)C)CC2)cc1. The van der Waals surface area contributed by atoms with Crippen molar-refractivity contribution in [1.82, 2.24) is 15.5 Å². The van der Waals surface area contributed by atoms with Crippen LogP contribution in [0.2, 0.25) is 0 Å². The zero-order chi connectivity index (χ0) is 43.1. The number of ether oxygens (including phenoxy) is 5. The highest BCUT2D eigenvalue weighted by molar-refractivity contribution is 5.90. The minimum atomic E-state index is -0.519. The molecule has 3 fully saturated rings. The molecular weight excluding hydrogens is 743 g/mol. The number of carbonyl (C=O) groups is 5. The Morgan fingerprint density at radius 1 is 0.534 bits per heavy atom. The lowest BCUT2D eigenvalue weighted by Crippen LogP contribution is -2.40. The molecule has 314 valence electrons. The number of benzene rings is 3. The summed E-state index contributed by atoms with van der Waals surface area (Å²) >= 11 is 0. The molecule has 0 bridgehead atoms. The first-order valence-corrected chi connectivity index (χ1v) is 19.4. The van der Waals surface area contributed by atoms with E-state index in [1.807, 2.05) is 97.1 Å². The van der Waals surface area contributed by atoms with Crippen molar-refractivity contribution in [3.63, 3.8) is 0 Å². The van der Waals surface area contributed by atoms with Crippen LogP contribution in [0.4, 0.5) is 9.59 Å². The molecule has 0 aliphatic heterocycles. The van der Waals surface area contributed by atoms with Gasteiger partial charge in [0.2, 0.25) is 0 Å². The highest BCUT2D eigenvalue weighted by atomic mass is 16.6. The third kappa shape index (κ3) is 11.6. The molecule has 0 atom stereocenters. The fourth-order valence-corrected chi connectivity index (χ4v) is 6.48. The minimum Gasteiger partial charge on any atom is -0.465 e. The number of rotatable bonds is 9. The molecule has 6 rings (SSSR count). The zero-order valence-electron chi connectivity index (χ0n) is 35.7. The van der Waals surface area contributed by atoms with Crippen molar-refractivity contribution in [2.75, 3.05) is 35.4 Å². The molecule has 3 aromatic carbocycles. The summed E-state index contributed by atoms with van der Waals surface area (Å²) < 4.78 is 24.7. The second kappa shape index (κ2) is 18.0. The summed E-state index contributed by atoms with van der Waals surface area (Å²) in [5.74, 6) is -1.01. The summed E-state index contributed by atoms with van der Waals surface area (Å²) in [6.07, 6.45) is 5.09. The van der Waals surface area contributed by atoms with Crippen LogP contribution in [0.1, 0.15) is 128 Å². The van der Waals surface area contributed by atoms with Crippen molar-refractivity contribution >= 4 is 30.1 Å². The highest BCUT2D eigenvalue weighted by Crippen LogP contribution is 2.51. The number of alkyl carbamates (subject to hydrolysis) is 1. The average Bonchev–Trinajstić information content (AvgIpc) is 4.08. The molecule has 0 unspecified atom stereocenters. The Morgan fingerprint density at radius 2 is 0.879 bits per heavy atom. The Bertz CT molecular complexity index is 1920. The van der Waals surface area contributed by atoms with Crippen molar-refractivity contribution in [2.24, 2.45) is 0 Å². The van der Waals surface area contributed by atoms with Gasteiger partial charge in [-0.05, 0) is 140 Å². The molecule has 3 aliphatic rings. The number of methoxy groups -OCH3 is 3. The number of nitrogens with one attached hydrogen (secondary N) is 2. The molecule has 2 N–H and O–H groups in total. The average molecular weight is 802 g/mol. The van der Waals surface area contributed by atoms with Crippen LogP contribution in [0.15, 0.2) is 72.8 Å². The Labute approximate surface area is 342 Å². The van der Waals surface area contributed by atoms with Gasteiger partial charge < -0.3 is 39.2 Å². The van der Waals surface area contributed by atoms with E-state index in [2.05, 4.69) is 20.1 Å². The van der Waals surface area contributed by atoms with Gasteiger partial charge in [0, 0.05) is 12.6 Å². The summed E-state index contributed by atoms with van der Waals surface area (Å²) in [6.45, 7) is 11.0. The fraction of sp³-hybridized carbons (Fsp3) is 0.489. The van der Waals surface area contributed by atoms with E-state index in [-0.39, 0.29) is 40.6 Å². The van der Waals surface area contributed by atoms with E-state index in [1.165, 1.54) is 39.7 Å². The van der Waals surface area contributed by atoms with Crippen LogP contribution in [-0.4, -0.2) is 81.6 Å². The minimum absolute atomic E-state index is 0.161. The highest BCUT2D eigenvalue weighted by Gasteiger charge is 2.51. The van der Waals surface area contributed by atoms with E-state index in [9.17, 15) is 24.0 Å². The maximum Gasteiger partial charge on any atom is 0.410 e. The Kier molecular flexibility index (Phi) is 14.1. The predicted octanol–water partition coefficient (Wildman–Crippen LogP) is 8.00. The fourth-order valence-electron chi connectivity index (χ4n) is 6.48. The van der Waals surface area contributed by atoms with Crippen LogP contribution in [0, 0.1) is 0 Å². The van der Waals surface area contributed by atoms with E-state index >= 15 is 0 Å². The molecule has 0 radical (unpaired) electrons. The molecular formula is C45H59N3O10. The second-order valence-corrected chi connectivity index (χ2v) is 16.8. The van der Waals surface area contributed by atoms with Crippen molar-refractivity contribution in [2.45, 2.75) is 108 Å². The molecule has 0 heterocycles. The van der Waals surface area contributed by atoms with E-state index in [1.54, 1.807) is 36.2 Å². The molecule has 3 aromatic rings. The van der Waals surface area contributed by atoms with E-state index < -0.39 is 17.3 Å². The van der Waals surface area contributed by atoms with Crippen LogP contribution in [-0.2, 0) is 40.3 Å². The predicted molar refractivity (Wildman–Crippen MR) is 219 cm³/mol. The van der Waals surface area contributed by atoms with Gasteiger partial charge in [0.15, 0.2) is 0 Å². The lowest BCUT2D eigenvalue weighted by atomic mass is 10.0. The summed E-state index contributed by atoms with van der Waals surface area (Å²) in [6, 6.07) is 21.9. The van der Waals surface area contributed by atoms with Gasteiger partial charge in [-0.2, -0.15) is 0 Å². The van der Waals surface area contributed by atoms with Gasteiger partial charge in [-0.3, -0.25) is 0 Å².